The zero-order valence-electron chi connectivity index (χ0n) is 22.5. The minimum Gasteiger partial charge on any atom is -0.497 e. The van der Waals surface area contributed by atoms with Crippen LogP contribution in [0.15, 0.2) is 67.0 Å². The first-order valence-electron chi connectivity index (χ1n) is 13.4. The fourth-order valence-electron chi connectivity index (χ4n) is 5.54. The number of nitro groups is 1. The lowest BCUT2D eigenvalue weighted by Crippen LogP contribution is -2.47. The molecule has 3 aromatic carbocycles. The second kappa shape index (κ2) is 11.1. The summed E-state index contributed by atoms with van der Waals surface area (Å²) in [5, 5.41) is 12.5. The summed E-state index contributed by atoms with van der Waals surface area (Å²) in [6.07, 6.45) is 2.09. The Morgan fingerprint density at radius 2 is 1.71 bits per heavy atom. The van der Waals surface area contributed by atoms with Gasteiger partial charge in [0.15, 0.2) is 17.5 Å². The van der Waals surface area contributed by atoms with Gasteiger partial charge in [-0.05, 0) is 47.9 Å². The Kier molecular flexibility index (Phi) is 7.19. The van der Waals surface area contributed by atoms with E-state index in [2.05, 4.69) is 24.3 Å². The quantitative estimate of drug-likeness (QED) is 0.191. The monoisotopic (exact) mass is 558 g/mol. The predicted octanol–water partition coefficient (Wildman–Crippen LogP) is 5.19. The van der Waals surface area contributed by atoms with Crippen molar-refractivity contribution < 1.29 is 18.4 Å². The number of piperazine rings is 1. The van der Waals surface area contributed by atoms with Gasteiger partial charge in [-0.25, -0.2) is 18.7 Å². The SMILES string of the molecule is COc1ccc(Cn2c3cccc([N+](=O)[O-])c3c3ncnc(N4CCN(CCc5ccc(F)c(F)c5)CC4)c32)cc1. The number of ether oxygens (including phenoxy) is 1. The second-order valence-electron chi connectivity index (χ2n) is 10.1. The number of aromatic nitrogens is 3. The predicted molar refractivity (Wildman–Crippen MR) is 152 cm³/mol. The van der Waals surface area contributed by atoms with Crippen molar-refractivity contribution >= 4 is 33.4 Å². The van der Waals surface area contributed by atoms with Crippen LogP contribution in [0.4, 0.5) is 20.3 Å². The Balaban J connectivity index is 1.32. The molecule has 0 amide bonds. The van der Waals surface area contributed by atoms with E-state index in [0.717, 1.165) is 53.4 Å². The van der Waals surface area contributed by atoms with E-state index < -0.39 is 11.6 Å². The van der Waals surface area contributed by atoms with Gasteiger partial charge in [-0.3, -0.25) is 15.0 Å². The first-order chi connectivity index (χ1) is 19.9. The largest absolute Gasteiger partial charge is 0.497 e. The van der Waals surface area contributed by atoms with Gasteiger partial charge in [-0.15, -0.1) is 0 Å². The minimum atomic E-state index is -0.840. The maximum absolute atomic E-state index is 13.6. The van der Waals surface area contributed by atoms with E-state index in [1.54, 1.807) is 19.2 Å². The van der Waals surface area contributed by atoms with Gasteiger partial charge in [0, 0.05) is 45.3 Å². The van der Waals surface area contributed by atoms with Crippen molar-refractivity contribution in [1.82, 2.24) is 19.4 Å². The first-order valence-corrected chi connectivity index (χ1v) is 13.4. The van der Waals surface area contributed by atoms with E-state index in [9.17, 15) is 18.9 Å². The number of hydrogen-bond acceptors (Lipinski definition) is 7. The maximum atomic E-state index is 13.6. The molecule has 0 N–H and O–H groups in total. The molecule has 9 nitrogen and oxygen atoms in total. The van der Waals surface area contributed by atoms with E-state index >= 15 is 0 Å². The molecule has 0 spiro atoms. The molecular weight excluding hydrogens is 530 g/mol. The standard InChI is InChI=1S/C30H28F2N6O3/c1-41-22-8-5-21(6-9-22)18-37-25-3-2-4-26(38(39)40)27(25)28-29(37)30(34-19-33-28)36-15-13-35(14-16-36)12-11-20-7-10-23(31)24(32)17-20/h2-10,17,19H,11-16,18H2,1H3. The third-order valence-electron chi connectivity index (χ3n) is 7.69. The van der Waals surface area contributed by atoms with Crippen LogP contribution in [0.1, 0.15) is 11.1 Å². The number of methoxy groups -OCH3 is 1. The number of fused-ring (bicyclic) bond motifs is 3. The van der Waals surface area contributed by atoms with Gasteiger partial charge in [0.2, 0.25) is 0 Å². The molecule has 1 aliphatic heterocycles. The van der Waals surface area contributed by atoms with Crippen LogP contribution in [0.25, 0.3) is 21.9 Å². The highest BCUT2D eigenvalue weighted by Crippen LogP contribution is 2.38. The van der Waals surface area contributed by atoms with E-state index in [1.807, 2.05) is 30.3 Å². The van der Waals surface area contributed by atoms with E-state index in [1.165, 1.54) is 24.5 Å². The summed E-state index contributed by atoms with van der Waals surface area (Å²) in [4.78, 5) is 25.3. The Bertz CT molecular complexity index is 1730. The van der Waals surface area contributed by atoms with Gasteiger partial charge in [-0.1, -0.05) is 24.3 Å². The molecule has 0 unspecified atom stereocenters. The first kappa shape index (κ1) is 26.6. The van der Waals surface area contributed by atoms with Crippen molar-refractivity contribution in [3.05, 3.63) is 99.9 Å². The van der Waals surface area contributed by atoms with Crippen LogP contribution in [0.2, 0.25) is 0 Å². The number of non-ortho nitro benzene ring substituents is 1. The molecule has 0 radical (unpaired) electrons. The van der Waals surface area contributed by atoms with Gasteiger partial charge in [0.25, 0.3) is 5.69 Å². The smallest absolute Gasteiger partial charge is 0.280 e. The number of anilines is 1. The van der Waals surface area contributed by atoms with Gasteiger partial charge in [0.1, 0.15) is 28.5 Å². The molecule has 1 fully saturated rings. The molecule has 5 aromatic rings. The molecule has 1 aliphatic rings. The van der Waals surface area contributed by atoms with Crippen molar-refractivity contribution in [3.63, 3.8) is 0 Å². The average molecular weight is 559 g/mol. The zero-order valence-corrected chi connectivity index (χ0v) is 22.5. The number of nitro benzene ring substituents is 1. The molecule has 0 atom stereocenters. The highest BCUT2D eigenvalue weighted by atomic mass is 19.2. The fraction of sp³-hybridized carbons (Fsp3) is 0.267. The molecule has 0 bridgehead atoms. The molecule has 0 saturated carbocycles. The molecular formula is C30H28F2N6O3. The third kappa shape index (κ3) is 5.16. The van der Waals surface area contributed by atoms with Gasteiger partial charge < -0.3 is 14.2 Å². The Morgan fingerprint density at radius 3 is 2.41 bits per heavy atom. The number of nitrogens with zero attached hydrogens (tertiary/aromatic N) is 6. The topological polar surface area (TPSA) is 89.6 Å². The van der Waals surface area contributed by atoms with Crippen molar-refractivity contribution in [1.29, 1.82) is 0 Å². The summed E-state index contributed by atoms with van der Waals surface area (Å²) in [5.74, 6) is -0.189. The van der Waals surface area contributed by atoms with E-state index in [-0.39, 0.29) is 10.6 Å². The van der Waals surface area contributed by atoms with Crippen molar-refractivity contribution in [2.24, 2.45) is 0 Å². The zero-order chi connectivity index (χ0) is 28.5. The summed E-state index contributed by atoms with van der Waals surface area (Å²) in [6.45, 7) is 4.09. The Labute approximate surface area is 234 Å². The van der Waals surface area contributed by atoms with Gasteiger partial charge in [-0.2, -0.15) is 0 Å². The summed E-state index contributed by atoms with van der Waals surface area (Å²) in [7, 11) is 1.62. The number of rotatable bonds is 8. The molecule has 0 aliphatic carbocycles. The van der Waals surface area contributed by atoms with Gasteiger partial charge >= 0.3 is 0 Å². The van der Waals surface area contributed by atoms with Crippen LogP contribution >= 0.6 is 0 Å². The van der Waals surface area contributed by atoms with Crippen molar-refractivity contribution in [3.8, 4) is 5.75 Å². The van der Waals surface area contributed by atoms with Crippen LogP contribution in [0.3, 0.4) is 0 Å². The van der Waals surface area contributed by atoms with Crippen LogP contribution in [0, 0.1) is 21.7 Å². The van der Waals surface area contributed by atoms with Crippen LogP contribution in [-0.2, 0) is 13.0 Å². The lowest BCUT2D eigenvalue weighted by atomic mass is 10.1. The lowest BCUT2D eigenvalue weighted by molar-refractivity contribution is -0.383. The minimum absolute atomic E-state index is 0.00711. The molecule has 11 heteroatoms. The Hall–Kier alpha value is -4.64. The summed E-state index contributed by atoms with van der Waals surface area (Å²) < 4.78 is 34.3. The summed E-state index contributed by atoms with van der Waals surface area (Å²) in [5.41, 5.74) is 3.79. The highest BCUT2D eigenvalue weighted by molar-refractivity contribution is 6.13. The molecule has 6 rings (SSSR count). The molecule has 2 aromatic heterocycles. The lowest BCUT2D eigenvalue weighted by Gasteiger charge is -2.35. The highest BCUT2D eigenvalue weighted by Gasteiger charge is 2.27. The Morgan fingerprint density at radius 1 is 0.951 bits per heavy atom. The average Bonchev–Trinajstić information content (AvgIpc) is 3.32. The van der Waals surface area contributed by atoms with Crippen LogP contribution in [0.5, 0.6) is 5.75 Å². The molecule has 210 valence electrons. The van der Waals surface area contributed by atoms with Crippen LogP contribution in [-0.4, -0.2) is 64.2 Å². The van der Waals surface area contributed by atoms with Crippen LogP contribution < -0.4 is 9.64 Å². The van der Waals surface area contributed by atoms with Gasteiger partial charge in [0.05, 0.1) is 17.5 Å². The van der Waals surface area contributed by atoms with Crippen molar-refractivity contribution in [2.45, 2.75) is 13.0 Å². The summed E-state index contributed by atoms with van der Waals surface area (Å²) >= 11 is 0. The number of benzene rings is 3. The number of hydrogen-bond donors (Lipinski definition) is 0. The molecule has 41 heavy (non-hydrogen) atoms. The number of halogens is 2. The maximum Gasteiger partial charge on any atom is 0.280 e. The van der Waals surface area contributed by atoms with E-state index in [0.29, 0.717) is 37.0 Å². The second-order valence-corrected chi connectivity index (χ2v) is 10.1. The molecule has 3 heterocycles. The third-order valence-corrected chi connectivity index (χ3v) is 7.69. The summed E-state index contributed by atoms with van der Waals surface area (Å²) in [6, 6.07) is 16.9. The van der Waals surface area contributed by atoms with Crippen molar-refractivity contribution in [2.75, 3.05) is 44.7 Å². The van der Waals surface area contributed by atoms with E-state index in [4.69, 9.17) is 4.74 Å². The molecule has 1 saturated heterocycles. The fourth-order valence-corrected chi connectivity index (χ4v) is 5.54. The normalized spacial score (nSPS) is 14.2.